The molecule has 2 fully saturated rings. The average Bonchev–Trinajstić information content (AvgIpc) is 3.52. The van der Waals surface area contributed by atoms with Crippen LogP contribution in [0.1, 0.15) is 54.7 Å². The van der Waals surface area contributed by atoms with Crippen molar-refractivity contribution in [2.24, 2.45) is 5.41 Å². The molecule has 3 aliphatic rings. The molecule has 2 heterocycles. The van der Waals surface area contributed by atoms with Gasteiger partial charge in [-0.25, -0.2) is 14.6 Å². The highest BCUT2D eigenvalue weighted by atomic mass is 79.9. The molecule has 2 aliphatic carbocycles. The first-order chi connectivity index (χ1) is 18.9. The number of hydrogen-bond acceptors (Lipinski definition) is 5. The molecule has 1 amide bonds. The molecule has 1 saturated carbocycles. The number of carbonyl (C=O) groups excluding carboxylic acids is 1. The molecule has 0 unspecified atom stereocenters. The summed E-state index contributed by atoms with van der Waals surface area (Å²) in [7, 11) is 0. The van der Waals surface area contributed by atoms with Gasteiger partial charge in [0, 0.05) is 30.8 Å². The number of fused-ring (bicyclic) bond motifs is 3. The second-order valence-corrected chi connectivity index (χ2v) is 11.8. The van der Waals surface area contributed by atoms with E-state index in [1.165, 1.54) is 22.3 Å². The van der Waals surface area contributed by atoms with Crippen LogP contribution in [0.3, 0.4) is 0 Å². The Balaban J connectivity index is 1.10. The first-order valence-corrected chi connectivity index (χ1v) is 14.3. The van der Waals surface area contributed by atoms with Crippen LogP contribution < -0.4 is 0 Å². The highest BCUT2D eigenvalue weighted by molar-refractivity contribution is 9.10. The number of aliphatic carboxylic acids is 1. The predicted octanol–water partition coefficient (Wildman–Crippen LogP) is 6.36. The Morgan fingerprint density at radius 3 is 2.23 bits per heavy atom. The Morgan fingerprint density at radius 1 is 0.949 bits per heavy atom. The van der Waals surface area contributed by atoms with Crippen molar-refractivity contribution in [3.05, 3.63) is 88.2 Å². The lowest BCUT2D eigenvalue weighted by atomic mass is 9.66. The second-order valence-electron chi connectivity index (χ2n) is 11.0. The summed E-state index contributed by atoms with van der Waals surface area (Å²) < 4.78 is 12.7. The molecule has 202 valence electrons. The molecule has 39 heavy (non-hydrogen) atoms. The number of amides is 1. The van der Waals surface area contributed by atoms with Crippen molar-refractivity contribution >= 4 is 28.0 Å². The van der Waals surface area contributed by atoms with Gasteiger partial charge in [-0.3, -0.25) is 0 Å². The summed E-state index contributed by atoms with van der Waals surface area (Å²) in [5.41, 5.74) is 5.04. The van der Waals surface area contributed by atoms with Crippen LogP contribution in [0.5, 0.6) is 0 Å². The maximum atomic E-state index is 13.2. The number of pyridine rings is 1. The molecule has 1 aromatic heterocycles. The number of benzene rings is 2. The van der Waals surface area contributed by atoms with Crippen LogP contribution >= 0.6 is 15.9 Å². The van der Waals surface area contributed by atoms with Crippen molar-refractivity contribution < 1.29 is 24.2 Å². The normalized spacial score (nSPS) is 24.0. The van der Waals surface area contributed by atoms with E-state index >= 15 is 0 Å². The van der Waals surface area contributed by atoms with Gasteiger partial charge in [0.2, 0.25) is 0 Å². The third-order valence-electron chi connectivity index (χ3n) is 8.88. The minimum Gasteiger partial charge on any atom is -0.480 e. The van der Waals surface area contributed by atoms with Gasteiger partial charge in [0.25, 0.3) is 0 Å². The number of aromatic nitrogens is 1. The summed E-state index contributed by atoms with van der Waals surface area (Å²) in [6.07, 6.45) is 5.47. The number of hydrogen-bond donors (Lipinski definition) is 1. The van der Waals surface area contributed by atoms with Gasteiger partial charge in [0.15, 0.2) is 0 Å². The highest BCUT2D eigenvalue weighted by Gasteiger charge is 2.49. The van der Waals surface area contributed by atoms with Crippen molar-refractivity contribution in [3.8, 4) is 11.1 Å². The first kappa shape index (κ1) is 26.0. The van der Waals surface area contributed by atoms with E-state index in [1.807, 2.05) is 41.3 Å². The van der Waals surface area contributed by atoms with E-state index in [4.69, 9.17) is 9.47 Å². The Bertz CT molecular complexity index is 1340. The number of likely N-dealkylation sites (tertiary alicyclic amines) is 1. The minimum absolute atomic E-state index is 0.00947. The molecule has 1 spiro atoms. The van der Waals surface area contributed by atoms with Crippen LogP contribution in [-0.2, 0) is 19.9 Å². The van der Waals surface area contributed by atoms with E-state index in [0.29, 0.717) is 32.5 Å². The SMILES string of the molecule is O=C(O)COC1(c2ccc(Br)nc2)CCC2(CCN(C(=O)OCC3c4ccccc4-c4ccccc43)C2)CC1. The molecule has 7 nitrogen and oxygen atoms in total. The number of carbonyl (C=O) groups is 2. The molecule has 0 radical (unpaired) electrons. The van der Waals surface area contributed by atoms with E-state index in [0.717, 1.165) is 29.4 Å². The van der Waals surface area contributed by atoms with Crippen LogP contribution in [0.4, 0.5) is 4.79 Å². The molecular formula is C31H31BrN2O5. The lowest BCUT2D eigenvalue weighted by molar-refractivity contribution is -0.156. The van der Waals surface area contributed by atoms with Crippen molar-refractivity contribution in [1.82, 2.24) is 9.88 Å². The minimum atomic E-state index is -0.984. The average molecular weight is 592 g/mol. The van der Waals surface area contributed by atoms with Gasteiger partial charge in [-0.15, -0.1) is 0 Å². The Hall–Kier alpha value is -3.23. The van der Waals surface area contributed by atoms with Crippen molar-refractivity contribution in [1.29, 1.82) is 0 Å². The molecule has 1 N–H and O–H groups in total. The third kappa shape index (κ3) is 4.96. The van der Waals surface area contributed by atoms with E-state index in [2.05, 4.69) is 45.2 Å². The summed E-state index contributed by atoms with van der Waals surface area (Å²) >= 11 is 3.37. The smallest absolute Gasteiger partial charge is 0.409 e. The molecule has 0 atom stereocenters. The number of nitrogens with zero attached hydrogens (tertiary/aromatic N) is 2. The van der Waals surface area contributed by atoms with Gasteiger partial charge in [-0.2, -0.15) is 0 Å². The third-order valence-corrected chi connectivity index (χ3v) is 9.35. The summed E-state index contributed by atoms with van der Waals surface area (Å²) in [5, 5.41) is 9.28. The molecule has 3 aromatic rings. The summed E-state index contributed by atoms with van der Waals surface area (Å²) in [6.45, 7) is 1.28. The van der Waals surface area contributed by atoms with Crippen molar-refractivity contribution in [3.63, 3.8) is 0 Å². The van der Waals surface area contributed by atoms with Crippen LogP contribution in [0.15, 0.2) is 71.5 Å². The summed E-state index contributed by atoms with van der Waals surface area (Å²) in [6, 6.07) is 20.5. The van der Waals surface area contributed by atoms with Gasteiger partial charge < -0.3 is 19.5 Å². The van der Waals surface area contributed by atoms with Crippen LogP contribution in [0.25, 0.3) is 11.1 Å². The van der Waals surface area contributed by atoms with Gasteiger partial charge in [0.05, 0.1) is 5.60 Å². The van der Waals surface area contributed by atoms with Crippen molar-refractivity contribution in [2.45, 2.75) is 43.6 Å². The standard InChI is InChI=1S/C31H31BrN2O5/c32-27-10-9-21(17-33-27)31(39-19-28(35)36)13-11-30(12-14-31)15-16-34(20-30)29(37)38-18-26-24-7-3-1-5-22(24)23-6-2-4-8-25(23)26/h1-10,17,26H,11-16,18-20H2,(H,35,36). The Kier molecular flexibility index (Phi) is 6.93. The topological polar surface area (TPSA) is 89.0 Å². The van der Waals surface area contributed by atoms with E-state index in [9.17, 15) is 14.7 Å². The molecule has 2 aromatic carbocycles. The predicted molar refractivity (Wildman–Crippen MR) is 149 cm³/mol. The highest BCUT2D eigenvalue weighted by Crippen LogP contribution is 2.52. The van der Waals surface area contributed by atoms with Crippen LogP contribution in [0, 0.1) is 5.41 Å². The fraction of sp³-hybridized carbons (Fsp3) is 0.387. The number of ether oxygens (including phenoxy) is 2. The maximum absolute atomic E-state index is 13.2. The van der Waals surface area contributed by atoms with Crippen molar-refractivity contribution in [2.75, 3.05) is 26.3 Å². The van der Waals surface area contributed by atoms with Gasteiger partial charge in [-0.1, -0.05) is 54.6 Å². The lowest BCUT2D eigenvalue weighted by Gasteiger charge is -2.44. The molecule has 8 heteroatoms. The lowest BCUT2D eigenvalue weighted by Crippen LogP contribution is -2.42. The molecule has 1 saturated heterocycles. The van der Waals surface area contributed by atoms with Crippen LogP contribution in [-0.4, -0.2) is 53.4 Å². The number of carboxylic acids is 1. The zero-order valence-corrected chi connectivity index (χ0v) is 23.2. The first-order valence-electron chi connectivity index (χ1n) is 13.5. The van der Waals surface area contributed by atoms with Gasteiger partial charge in [-0.05, 0) is 81.8 Å². The quantitative estimate of drug-likeness (QED) is 0.336. The number of rotatable bonds is 6. The summed E-state index contributed by atoms with van der Waals surface area (Å²) in [5.74, 6) is -0.943. The van der Waals surface area contributed by atoms with Crippen LogP contribution in [0.2, 0.25) is 0 Å². The van der Waals surface area contributed by atoms with Gasteiger partial charge >= 0.3 is 12.1 Å². The molecule has 6 rings (SSSR count). The number of carboxylic acid groups (broad SMARTS) is 1. The zero-order chi connectivity index (χ0) is 27.0. The largest absolute Gasteiger partial charge is 0.480 e. The zero-order valence-electron chi connectivity index (χ0n) is 21.6. The Morgan fingerprint density at radius 2 is 1.62 bits per heavy atom. The van der Waals surface area contributed by atoms with E-state index in [1.54, 1.807) is 6.20 Å². The monoisotopic (exact) mass is 590 g/mol. The second kappa shape index (κ2) is 10.4. The van der Waals surface area contributed by atoms with E-state index < -0.39 is 11.6 Å². The number of halogens is 1. The molecular weight excluding hydrogens is 560 g/mol. The maximum Gasteiger partial charge on any atom is 0.409 e. The summed E-state index contributed by atoms with van der Waals surface area (Å²) in [4.78, 5) is 30.7. The Labute approximate surface area is 236 Å². The molecule has 0 bridgehead atoms. The van der Waals surface area contributed by atoms with Gasteiger partial charge in [0.1, 0.15) is 17.8 Å². The van der Waals surface area contributed by atoms with E-state index in [-0.39, 0.29) is 24.0 Å². The fourth-order valence-corrected chi connectivity index (χ4v) is 6.96. The molecule has 1 aliphatic heterocycles. The fourth-order valence-electron chi connectivity index (χ4n) is 6.73.